The number of ether oxygens (including phenoxy) is 1. The van der Waals surface area contributed by atoms with Crippen molar-refractivity contribution in [2.45, 2.75) is 6.61 Å². The van der Waals surface area contributed by atoms with Crippen molar-refractivity contribution in [3.8, 4) is 5.75 Å². The van der Waals surface area contributed by atoms with Crippen molar-refractivity contribution in [2.75, 3.05) is 7.11 Å². The summed E-state index contributed by atoms with van der Waals surface area (Å²) in [6.45, 7) is 0.523. The average molecular weight is 281 g/mol. The van der Waals surface area contributed by atoms with E-state index in [1.54, 1.807) is 13.3 Å². The maximum absolute atomic E-state index is 5.27. The highest BCUT2D eigenvalue weighted by molar-refractivity contribution is 6.00. The van der Waals surface area contributed by atoms with Gasteiger partial charge in [0.05, 0.1) is 13.3 Å². The Hall–Kier alpha value is -2.66. The summed E-state index contributed by atoms with van der Waals surface area (Å²) >= 11 is 0. The number of rotatable bonds is 3. The van der Waals surface area contributed by atoms with E-state index >= 15 is 0 Å². The molecule has 2 aromatic carbocycles. The summed E-state index contributed by atoms with van der Waals surface area (Å²) in [5.41, 5.74) is 5.81. The number of hydrogen-bond donors (Lipinski definition) is 1. The van der Waals surface area contributed by atoms with Crippen LogP contribution in [0.2, 0.25) is 0 Å². The maximum atomic E-state index is 5.27. The lowest BCUT2D eigenvalue weighted by Crippen LogP contribution is -2.30. The molecule has 5 nitrogen and oxygen atoms in total. The lowest BCUT2D eigenvalue weighted by Gasteiger charge is -2.18. The first-order valence-corrected chi connectivity index (χ1v) is 6.58. The second kappa shape index (κ2) is 6.19. The Balaban J connectivity index is 1.81. The fourth-order valence-electron chi connectivity index (χ4n) is 2.06. The fraction of sp³-hybridized carbons (Fsp3) is 0.125. The van der Waals surface area contributed by atoms with Crippen LogP contribution in [0.3, 0.4) is 0 Å². The molecule has 1 aliphatic heterocycles. The van der Waals surface area contributed by atoms with E-state index in [1.807, 2.05) is 48.5 Å². The number of amidine groups is 1. The number of hydrogen-bond acceptors (Lipinski definition) is 4. The first-order chi connectivity index (χ1) is 10.4. The molecular formula is C16H15N3O2. The van der Waals surface area contributed by atoms with Gasteiger partial charge >= 0.3 is 0 Å². The molecule has 5 heteroatoms. The van der Waals surface area contributed by atoms with Gasteiger partial charge in [0.15, 0.2) is 5.84 Å². The van der Waals surface area contributed by atoms with E-state index in [9.17, 15) is 0 Å². The predicted octanol–water partition coefficient (Wildman–Crippen LogP) is 2.51. The Morgan fingerprint density at radius 3 is 3.00 bits per heavy atom. The molecule has 0 atom stereocenters. The zero-order valence-corrected chi connectivity index (χ0v) is 11.6. The third-order valence-corrected chi connectivity index (χ3v) is 3.13. The fourth-order valence-corrected chi connectivity index (χ4v) is 2.06. The molecule has 1 aliphatic rings. The Labute approximate surface area is 122 Å². The van der Waals surface area contributed by atoms with Crippen LogP contribution in [0.4, 0.5) is 0 Å². The van der Waals surface area contributed by atoms with Crippen molar-refractivity contribution in [1.29, 1.82) is 0 Å². The van der Waals surface area contributed by atoms with Gasteiger partial charge in [-0.3, -0.25) is 4.84 Å². The third-order valence-electron chi connectivity index (χ3n) is 3.13. The van der Waals surface area contributed by atoms with E-state index in [0.29, 0.717) is 12.4 Å². The number of methoxy groups -OCH3 is 1. The molecule has 0 spiro atoms. The Kier molecular flexibility index (Phi) is 3.93. The van der Waals surface area contributed by atoms with E-state index in [1.165, 1.54) is 0 Å². The van der Waals surface area contributed by atoms with Crippen molar-refractivity contribution in [3.63, 3.8) is 0 Å². The molecular weight excluding hydrogens is 266 g/mol. The van der Waals surface area contributed by atoms with E-state index in [4.69, 9.17) is 9.57 Å². The van der Waals surface area contributed by atoms with Crippen LogP contribution in [0.5, 0.6) is 5.75 Å². The summed E-state index contributed by atoms with van der Waals surface area (Å²) in [7, 11) is 1.64. The molecule has 0 fully saturated rings. The highest BCUT2D eigenvalue weighted by atomic mass is 16.6. The maximum Gasteiger partial charge on any atom is 0.179 e. The number of benzene rings is 2. The van der Waals surface area contributed by atoms with Gasteiger partial charge in [-0.25, -0.2) is 5.48 Å². The van der Waals surface area contributed by atoms with Crippen LogP contribution in [0, 0.1) is 0 Å². The van der Waals surface area contributed by atoms with Crippen molar-refractivity contribution in [1.82, 2.24) is 5.48 Å². The molecule has 0 saturated carbocycles. The highest BCUT2D eigenvalue weighted by Gasteiger charge is 2.14. The van der Waals surface area contributed by atoms with Gasteiger partial charge in [0.2, 0.25) is 0 Å². The predicted molar refractivity (Wildman–Crippen MR) is 81.5 cm³/mol. The van der Waals surface area contributed by atoms with Gasteiger partial charge in [-0.2, -0.15) is 5.10 Å². The topological polar surface area (TPSA) is 55.2 Å². The normalized spacial score (nSPS) is 15.8. The van der Waals surface area contributed by atoms with E-state index in [-0.39, 0.29) is 0 Å². The van der Waals surface area contributed by atoms with Crippen LogP contribution in [0.25, 0.3) is 0 Å². The average Bonchev–Trinajstić information content (AvgIpc) is 2.55. The zero-order chi connectivity index (χ0) is 14.5. The second-order valence-corrected chi connectivity index (χ2v) is 4.52. The van der Waals surface area contributed by atoms with Gasteiger partial charge in [0, 0.05) is 5.56 Å². The second-order valence-electron chi connectivity index (χ2n) is 4.52. The number of hydroxylamine groups is 1. The Morgan fingerprint density at radius 1 is 1.19 bits per heavy atom. The van der Waals surface area contributed by atoms with E-state index in [2.05, 4.69) is 15.7 Å². The Bertz CT molecular complexity index is 695. The SMILES string of the molecule is COc1cccc(/C=N\N=C2NOCc3ccccc32)c1. The number of fused-ring (bicyclic) bond motifs is 1. The van der Waals surface area contributed by atoms with Crippen LogP contribution in [0.1, 0.15) is 16.7 Å². The monoisotopic (exact) mass is 281 g/mol. The minimum Gasteiger partial charge on any atom is -0.497 e. The van der Waals surface area contributed by atoms with Gasteiger partial charge in [-0.15, -0.1) is 5.10 Å². The molecule has 1 N–H and O–H groups in total. The van der Waals surface area contributed by atoms with Crippen molar-refractivity contribution in [3.05, 3.63) is 65.2 Å². The highest BCUT2D eigenvalue weighted by Crippen LogP contribution is 2.14. The molecule has 3 rings (SSSR count). The molecule has 0 bridgehead atoms. The number of nitrogens with zero attached hydrogens (tertiary/aromatic N) is 2. The molecule has 106 valence electrons. The van der Waals surface area contributed by atoms with Gasteiger partial charge in [-0.1, -0.05) is 36.4 Å². The summed E-state index contributed by atoms with van der Waals surface area (Å²) in [5.74, 6) is 1.40. The molecule has 0 radical (unpaired) electrons. The van der Waals surface area contributed by atoms with Gasteiger partial charge in [0.25, 0.3) is 0 Å². The van der Waals surface area contributed by atoms with Gasteiger partial charge < -0.3 is 4.74 Å². The summed E-state index contributed by atoms with van der Waals surface area (Å²) in [4.78, 5) is 5.27. The minimum absolute atomic E-state index is 0.523. The summed E-state index contributed by atoms with van der Waals surface area (Å²) in [5, 5.41) is 8.29. The lowest BCUT2D eigenvalue weighted by molar-refractivity contribution is 0.0650. The largest absolute Gasteiger partial charge is 0.497 e. The van der Waals surface area contributed by atoms with Crippen LogP contribution in [-0.2, 0) is 11.4 Å². The standard InChI is InChI=1S/C16H15N3O2/c1-20-14-7-4-5-12(9-14)10-17-18-16-15-8-3-2-6-13(15)11-21-19-16/h2-10H,11H2,1H3,(H,18,19)/b17-10-. The van der Waals surface area contributed by atoms with E-state index in [0.717, 1.165) is 22.4 Å². The number of nitrogens with one attached hydrogen (secondary N) is 1. The van der Waals surface area contributed by atoms with Crippen molar-refractivity contribution in [2.24, 2.45) is 10.2 Å². The zero-order valence-electron chi connectivity index (χ0n) is 11.6. The lowest BCUT2D eigenvalue weighted by atomic mass is 10.1. The van der Waals surface area contributed by atoms with Crippen molar-refractivity contribution < 1.29 is 9.57 Å². The molecule has 21 heavy (non-hydrogen) atoms. The smallest absolute Gasteiger partial charge is 0.179 e. The van der Waals surface area contributed by atoms with Crippen molar-refractivity contribution >= 4 is 12.1 Å². The molecule has 2 aromatic rings. The van der Waals surface area contributed by atoms with Crippen LogP contribution >= 0.6 is 0 Å². The Morgan fingerprint density at radius 2 is 2.10 bits per heavy atom. The van der Waals surface area contributed by atoms with E-state index < -0.39 is 0 Å². The summed E-state index contributed by atoms with van der Waals surface area (Å²) in [6, 6.07) is 15.6. The molecule has 0 aliphatic carbocycles. The molecule has 0 amide bonds. The summed E-state index contributed by atoms with van der Waals surface area (Å²) in [6.07, 6.45) is 1.68. The van der Waals surface area contributed by atoms with Gasteiger partial charge in [0.1, 0.15) is 12.4 Å². The first-order valence-electron chi connectivity index (χ1n) is 6.58. The quantitative estimate of drug-likeness (QED) is 0.694. The minimum atomic E-state index is 0.523. The summed E-state index contributed by atoms with van der Waals surface area (Å²) < 4.78 is 5.17. The third kappa shape index (κ3) is 3.09. The van der Waals surface area contributed by atoms with Crippen LogP contribution in [-0.4, -0.2) is 19.2 Å². The molecule has 0 saturated heterocycles. The molecule has 0 aromatic heterocycles. The van der Waals surface area contributed by atoms with Gasteiger partial charge in [-0.05, 0) is 23.3 Å². The molecule has 1 heterocycles. The molecule has 0 unspecified atom stereocenters. The first kappa shape index (κ1) is 13.3. The van der Waals surface area contributed by atoms with Crippen LogP contribution in [0.15, 0.2) is 58.7 Å². The van der Waals surface area contributed by atoms with Crippen LogP contribution < -0.4 is 10.2 Å².